The fraction of sp³-hybridized carbons (Fsp3) is 0.885. The third kappa shape index (κ3) is 11.5. The summed E-state index contributed by atoms with van der Waals surface area (Å²) in [5.41, 5.74) is 0.555. The lowest BCUT2D eigenvalue weighted by Crippen LogP contribution is -2.20. The molecule has 29 heavy (non-hydrogen) atoms. The van der Waals surface area contributed by atoms with Gasteiger partial charge in [0, 0.05) is 5.57 Å². The van der Waals surface area contributed by atoms with Crippen LogP contribution in [0.25, 0.3) is 0 Å². The maximum atomic E-state index is 11.7. The van der Waals surface area contributed by atoms with Crippen LogP contribution in [0.1, 0.15) is 143 Å². The quantitative estimate of drug-likeness (QED) is 0.210. The van der Waals surface area contributed by atoms with E-state index in [1.807, 2.05) is 6.92 Å². The van der Waals surface area contributed by atoms with Gasteiger partial charge in [0.25, 0.3) is 0 Å². The van der Waals surface area contributed by atoms with Crippen LogP contribution in [0.3, 0.4) is 0 Å². The molecule has 2 nitrogen and oxygen atoms in total. The number of aliphatic hydroxyl groups excluding tert-OH is 1. The second kappa shape index (κ2) is 16.3. The maximum Gasteiger partial charge on any atom is 0.219 e. The molecule has 0 radical (unpaired) electrons. The molecule has 1 N–H and O–H groups in total. The van der Waals surface area contributed by atoms with Crippen molar-refractivity contribution in [3.05, 3.63) is 11.3 Å². The number of thioether (sulfide) groups is 1. The van der Waals surface area contributed by atoms with Crippen LogP contribution in [-0.4, -0.2) is 15.0 Å². The Bertz CT molecular complexity index is 471. The molecule has 1 heterocycles. The van der Waals surface area contributed by atoms with E-state index in [1.165, 1.54) is 121 Å². The van der Waals surface area contributed by atoms with E-state index in [0.29, 0.717) is 11.3 Å². The minimum absolute atomic E-state index is 0.0485. The largest absolute Gasteiger partial charge is 0.510 e. The topological polar surface area (TPSA) is 37.3 Å². The van der Waals surface area contributed by atoms with Crippen LogP contribution in [0.15, 0.2) is 11.3 Å². The predicted molar refractivity (Wildman–Crippen MR) is 130 cm³/mol. The van der Waals surface area contributed by atoms with E-state index in [9.17, 15) is 9.90 Å². The molecule has 0 saturated carbocycles. The minimum Gasteiger partial charge on any atom is -0.510 e. The van der Waals surface area contributed by atoms with E-state index in [0.717, 1.165) is 12.8 Å². The summed E-state index contributed by atoms with van der Waals surface area (Å²) in [5.74, 6) is 0.319. The van der Waals surface area contributed by atoms with Crippen molar-refractivity contribution in [2.75, 3.05) is 0 Å². The summed E-state index contributed by atoms with van der Waals surface area (Å²) < 4.78 is -0.365. The molecule has 0 aromatic rings. The highest BCUT2D eigenvalue weighted by Gasteiger charge is 2.41. The van der Waals surface area contributed by atoms with E-state index >= 15 is 0 Å². The number of carbonyl (C=O) groups excluding carboxylic acids is 1. The van der Waals surface area contributed by atoms with Crippen molar-refractivity contribution in [3.63, 3.8) is 0 Å². The van der Waals surface area contributed by atoms with Crippen molar-refractivity contribution >= 4 is 16.9 Å². The molecule has 1 aliphatic rings. The highest BCUT2D eigenvalue weighted by atomic mass is 32.2. The predicted octanol–water partition coefficient (Wildman–Crippen LogP) is 9.28. The Morgan fingerprint density at radius 3 is 1.34 bits per heavy atom. The summed E-state index contributed by atoms with van der Waals surface area (Å²) in [6.07, 6.45) is 25.8. The van der Waals surface area contributed by atoms with Crippen LogP contribution < -0.4 is 0 Å². The van der Waals surface area contributed by atoms with E-state index in [4.69, 9.17) is 0 Å². The summed E-state index contributed by atoms with van der Waals surface area (Å²) in [4.78, 5) is 11.7. The monoisotopic (exact) mass is 424 g/mol. The van der Waals surface area contributed by atoms with Gasteiger partial charge in [-0.05, 0) is 20.3 Å². The first-order valence-electron chi connectivity index (χ1n) is 12.6. The molecule has 1 aliphatic heterocycles. The fourth-order valence-corrected chi connectivity index (χ4v) is 5.51. The molecule has 3 heteroatoms. The summed E-state index contributed by atoms with van der Waals surface area (Å²) in [6.45, 7) is 6.04. The summed E-state index contributed by atoms with van der Waals surface area (Å²) in [7, 11) is 0. The molecule has 0 aromatic carbocycles. The van der Waals surface area contributed by atoms with E-state index < -0.39 is 0 Å². The molecule has 0 spiro atoms. The van der Waals surface area contributed by atoms with Crippen molar-refractivity contribution in [1.29, 1.82) is 0 Å². The van der Waals surface area contributed by atoms with Gasteiger partial charge in [-0.25, -0.2) is 0 Å². The van der Waals surface area contributed by atoms with Gasteiger partial charge in [0.05, 0.1) is 4.75 Å². The molecule has 1 atom stereocenters. The Kier molecular flexibility index (Phi) is 14.9. The molecule has 0 aliphatic carbocycles. The van der Waals surface area contributed by atoms with Gasteiger partial charge in [-0.3, -0.25) is 4.79 Å². The van der Waals surface area contributed by atoms with Gasteiger partial charge < -0.3 is 5.11 Å². The molecule has 170 valence electrons. The third-order valence-corrected chi connectivity index (χ3v) is 7.83. The smallest absolute Gasteiger partial charge is 0.219 e. The molecule has 1 unspecified atom stereocenters. The normalized spacial score (nSPS) is 19.5. The lowest BCUT2D eigenvalue weighted by Gasteiger charge is -2.22. The second-order valence-corrected chi connectivity index (χ2v) is 10.8. The number of carbonyl (C=O) groups is 1. The molecular formula is C26H48O2S. The molecule has 0 amide bonds. The fourth-order valence-electron chi connectivity index (χ4n) is 4.36. The molecular weight excluding hydrogens is 376 g/mol. The van der Waals surface area contributed by atoms with Crippen LogP contribution in [-0.2, 0) is 4.79 Å². The average Bonchev–Trinajstić information content (AvgIpc) is 2.90. The van der Waals surface area contributed by atoms with E-state index in [-0.39, 0.29) is 9.86 Å². The van der Waals surface area contributed by atoms with Crippen molar-refractivity contribution in [1.82, 2.24) is 0 Å². The average molecular weight is 425 g/mol. The highest BCUT2D eigenvalue weighted by Crippen LogP contribution is 2.45. The van der Waals surface area contributed by atoms with Crippen LogP contribution in [0.5, 0.6) is 0 Å². The van der Waals surface area contributed by atoms with Gasteiger partial charge in [0.15, 0.2) is 0 Å². The zero-order valence-corrected chi connectivity index (χ0v) is 20.5. The third-order valence-electron chi connectivity index (χ3n) is 6.49. The number of rotatable bonds is 19. The van der Waals surface area contributed by atoms with Gasteiger partial charge in [-0.2, -0.15) is 0 Å². The molecule has 0 fully saturated rings. The van der Waals surface area contributed by atoms with E-state index in [1.54, 1.807) is 6.92 Å². The molecule has 0 aromatic heterocycles. The van der Waals surface area contributed by atoms with Crippen molar-refractivity contribution in [2.45, 2.75) is 148 Å². The first kappa shape index (κ1) is 26.6. The lowest BCUT2D eigenvalue weighted by atomic mass is 9.97. The molecule has 0 bridgehead atoms. The summed E-state index contributed by atoms with van der Waals surface area (Å²) >= 11 is 1.31. The second-order valence-electron chi connectivity index (χ2n) is 9.35. The summed E-state index contributed by atoms with van der Waals surface area (Å²) in [6, 6.07) is 0. The zero-order valence-electron chi connectivity index (χ0n) is 19.7. The molecule has 1 rings (SSSR count). The standard InChI is InChI=1S/C26H48O2S/c1-4-5-6-7-8-9-10-11-12-13-14-15-16-17-18-19-20-21-22-26(3)24(27)23(2)25(28)29-26/h27H,4-22H2,1-3H3. The SMILES string of the molecule is CCCCCCCCCCCCCCCCCCCCC1(C)SC(=O)C(C)=C1O. The van der Waals surface area contributed by atoms with Gasteiger partial charge in [0.1, 0.15) is 5.76 Å². The molecule has 0 saturated heterocycles. The highest BCUT2D eigenvalue weighted by molar-refractivity contribution is 8.15. The van der Waals surface area contributed by atoms with E-state index in [2.05, 4.69) is 6.92 Å². The van der Waals surface area contributed by atoms with Crippen LogP contribution >= 0.6 is 11.8 Å². The van der Waals surface area contributed by atoms with Crippen LogP contribution in [0.2, 0.25) is 0 Å². The Morgan fingerprint density at radius 1 is 0.690 bits per heavy atom. The first-order chi connectivity index (χ1) is 14.0. The lowest BCUT2D eigenvalue weighted by molar-refractivity contribution is -0.107. The van der Waals surface area contributed by atoms with Crippen LogP contribution in [0.4, 0.5) is 0 Å². The summed E-state index contributed by atoms with van der Waals surface area (Å²) in [5, 5.41) is 10.2. The Balaban J connectivity index is 1.80. The number of hydrogen-bond donors (Lipinski definition) is 1. The first-order valence-corrected chi connectivity index (χ1v) is 13.5. The van der Waals surface area contributed by atoms with Crippen molar-refractivity contribution in [2.24, 2.45) is 0 Å². The number of hydrogen-bond acceptors (Lipinski definition) is 3. The number of unbranched alkanes of at least 4 members (excludes halogenated alkanes) is 17. The Morgan fingerprint density at radius 2 is 1.03 bits per heavy atom. The zero-order chi connectivity index (χ0) is 21.4. The van der Waals surface area contributed by atoms with Gasteiger partial charge in [-0.15, -0.1) is 0 Å². The Labute approximate surface area is 185 Å². The minimum atomic E-state index is -0.365. The Hall–Kier alpha value is -0.440. The van der Waals surface area contributed by atoms with Crippen LogP contribution in [0, 0.1) is 0 Å². The van der Waals surface area contributed by atoms with Gasteiger partial charge >= 0.3 is 0 Å². The maximum absolute atomic E-state index is 11.7. The number of aliphatic hydroxyl groups is 1. The van der Waals surface area contributed by atoms with Gasteiger partial charge in [0.2, 0.25) is 5.12 Å². The van der Waals surface area contributed by atoms with Crippen molar-refractivity contribution < 1.29 is 9.90 Å². The van der Waals surface area contributed by atoms with Gasteiger partial charge in [-0.1, -0.05) is 134 Å². The van der Waals surface area contributed by atoms with Crippen molar-refractivity contribution in [3.8, 4) is 0 Å².